The van der Waals surface area contributed by atoms with Crippen molar-refractivity contribution in [3.05, 3.63) is 0 Å². The Morgan fingerprint density at radius 3 is 2.74 bits per heavy atom. The maximum atomic E-state index is 5.87. The van der Waals surface area contributed by atoms with Gasteiger partial charge in [0.2, 0.25) is 0 Å². The van der Waals surface area contributed by atoms with E-state index in [2.05, 4.69) is 38.0 Å². The normalized spacial score (nSPS) is 36.3. The summed E-state index contributed by atoms with van der Waals surface area (Å²) < 4.78 is 5.87. The van der Waals surface area contributed by atoms with Gasteiger partial charge in [0.05, 0.1) is 12.2 Å². The summed E-state index contributed by atoms with van der Waals surface area (Å²) in [5.74, 6) is 0.936. The Labute approximate surface area is 119 Å². The standard InChI is InChI=1S/C16H32N2O/c1-5-6-13-7-8-14(17-4)15(11-13)18-9-10-19-16(2,3)12-18/h13-15,17H,5-12H2,1-4H3. The van der Waals surface area contributed by atoms with Gasteiger partial charge >= 0.3 is 0 Å². The third-order valence-electron chi connectivity index (χ3n) is 4.92. The topological polar surface area (TPSA) is 24.5 Å². The van der Waals surface area contributed by atoms with Crippen molar-refractivity contribution in [1.82, 2.24) is 10.2 Å². The first-order chi connectivity index (χ1) is 9.05. The Morgan fingerprint density at radius 1 is 1.32 bits per heavy atom. The van der Waals surface area contributed by atoms with Crippen LogP contribution >= 0.6 is 0 Å². The van der Waals surface area contributed by atoms with E-state index in [-0.39, 0.29) is 5.60 Å². The fourth-order valence-electron chi connectivity index (χ4n) is 3.98. The quantitative estimate of drug-likeness (QED) is 0.848. The minimum absolute atomic E-state index is 0.0221. The molecule has 0 aromatic carbocycles. The molecule has 1 heterocycles. The maximum Gasteiger partial charge on any atom is 0.0753 e. The molecule has 1 aliphatic carbocycles. The molecule has 0 spiro atoms. The summed E-state index contributed by atoms with van der Waals surface area (Å²) in [6.45, 7) is 9.83. The fraction of sp³-hybridized carbons (Fsp3) is 1.00. The van der Waals surface area contributed by atoms with Crippen LogP contribution in [0, 0.1) is 5.92 Å². The average molecular weight is 268 g/mol. The highest BCUT2D eigenvalue weighted by Gasteiger charge is 2.37. The number of nitrogens with one attached hydrogen (secondary N) is 1. The van der Waals surface area contributed by atoms with Gasteiger partial charge in [0.25, 0.3) is 0 Å². The van der Waals surface area contributed by atoms with E-state index in [9.17, 15) is 0 Å². The molecule has 2 rings (SSSR count). The number of nitrogens with zero attached hydrogens (tertiary/aromatic N) is 1. The molecule has 0 amide bonds. The average Bonchev–Trinajstić information content (AvgIpc) is 2.38. The highest BCUT2D eigenvalue weighted by Crippen LogP contribution is 2.32. The van der Waals surface area contributed by atoms with Crippen LogP contribution < -0.4 is 5.32 Å². The van der Waals surface area contributed by atoms with E-state index in [0.29, 0.717) is 12.1 Å². The lowest BCUT2D eigenvalue weighted by atomic mass is 9.79. The molecule has 112 valence electrons. The van der Waals surface area contributed by atoms with Crippen molar-refractivity contribution in [2.24, 2.45) is 5.92 Å². The molecule has 3 nitrogen and oxygen atoms in total. The van der Waals surface area contributed by atoms with E-state index >= 15 is 0 Å². The van der Waals surface area contributed by atoms with Crippen molar-refractivity contribution in [1.29, 1.82) is 0 Å². The first-order valence-corrected chi connectivity index (χ1v) is 8.11. The zero-order valence-corrected chi connectivity index (χ0v) is 13.2. The summed E-state index contributed by atoms with van der Waals surface area (Å²) in [5, 5.41) is 3.56. The predicted molar refractivity (Wildman–Crippen MR) is 80.5 cm³/mol. The van der Waals surface area contributed by atoms with Gasteiger partial charge in [-0.05, 0) is 46.1 Å². The van der Waals surface area contributed by atoms with Gasteiger partial charge in [-0.3, -0.25) is 4.90 Å². The largest absolute Gasteiger partial charge is 0.373 e. The smallest absolute Gasteiger partial charge is 0.0753 e. The van der Waals surface area contributed by atoms with Crippen LogP contribution in [0.15, 0.2) is 0 Å². The lowest BCUT2D eigenvalue weighted by Crippen LogP contribution is -2.59. The highest BCUT2D eigenvalue weighted by molar-refractivity contribution is 4.93. The van der Waals surface area contributed by atoms with Crippen LogP contribution in [0.4, 0.5) is 0 Å². The van der Waals surface area contributed by atoms with E-state index in [4.69, 9.17) is 4.74 Å². The van der Waals surface area contributed by atoms with Crippen molar-refractivity contribution < 1.29 is 4.74 Å². The van der Waals surface area contributed by atoms with Crippen molar-refractivity contribution in [3.8, 4) is 0 Å². The number of morpholine rings is 1. The van der Waals surface area contributed by atoms with E-state index in [1.165, 1.54) is 32.1 Å². The fourth-order valence-corrected chi connectivity index (χ4v) is 3.98. The third kappa shape index (κ3) is 3.93. The maximum absolute atomic E-state index is 5.87. The van der Waals surface area contributed by atoms with Crippen LogP contribution in [-0.2, 0) is 4.74 Å². The molecule has 2 fully saturated rings. The number of hydrogen-bond donors (Lipinski definition) is 1. The van der Waals surface area contributed by atoms with E-state index in [1.807, 2.05) is 0 Å². The lowest BCUT2D eigenvalue weighted by molar-refractivity contribution is -0.106. The Morgan fingerprint density at radius 2 is 2.11 bits per heavy atom. The Bertz CT molecular complexity index is 280. The molecular weight excluding hydrogens is 236 g/mol. The van der Waals surface area contributed by atoms with E-state index in [0.717, 1.165) is 25.6 Å². The van der Waals surface area contributed by atoms with Gasteiger partial charge in [0.15, 0.2) is 0 Å². The first-order valence-electron chi connectivity index (χ1n) is 8.11. The first kappa shape index (κ1) is 15.3. The van der Waals surface area contributed by atoms with Gasteiger partial charge < -0.3 is 10.1 Å². The zero-order valence-electron chi connectivity index (χ0n) is 13.2. The molecule has 0 aromatic rings. The van der Waals surface area contributed by atoms with Gasteiger partial charge in [0.1, 0.15) is 0 Å². The molecule has 3 atom stereocenters. The van der Waals surface area contributed by atoms with Gasteiger partial charge in [-0.15, -0.1) is 0 Å². The summed E-state index contributed by atoms with van der Waals surface area (Å²) in [6.07, 6.45) is 6.85. The van der Waals surface area contributed by atoms with Crippen LogP contribution in [0.1, 0.15) is 52.9 Å². The number of rotatable bonds is 4. The van der Waals surface area contributed by atoms with Crippen LogP contribution in [0.3, 0.4) is 0 Å². The SMILES string of the molecule is CCCC1CCC(NC)C(N2CCOC(C)(C)C2)C1. The highest BCUT2D eigenvalue weighted by atomic mass is 16.5. The predicted octanol–water partition coefficient (Wildman–Crippen LogP) is 2.65. The lowest BCUT2D eigenvalue weighted by Gasteiger charge is -2.47. The van der Waals surface area contributed by atoms with Gasteiger partial charge in [-0.1, -0.05) is 19.8 Å². The Balaban J connectivity index is 2.00. The third-order valence-corrected chi connectivity index (χ3v) is 4.92. The van der Waals surface area contributed by atoms with Gasteiger partial charge in [-0.25, -0.2) is 0 Å². The van der Waals surface area contributed by atoms with E-state index in [1.54, 1.807) is 0 Å². The Kier molecular flexibility index (Phi) is 5.27. The molecule has 0 radical (unpaired) electrons. The summed E-state index contributed by atoms with van der Waals surface area (Å²) in [7, 11) is 2.13. The molecule has 0 aromatic heterocycles. The summed E-state index contributed by atoms with van der Waals surface area (Å²) in [4.78, 5) is 2.69. The van der Waals surface area contributed by atoms with Crippen LogP contribution in [0.25, 0.3) is 0 Å². The molecule has 3 unspecified atom stereocenters. The Hall–Kier alpha value is -0.120. The minimum Gasteiger partial charge on any atom is -0.373 e. The molecule has 19 heavy (non-hydrogen) atoms. The molecule has 1 aliphatic heterocycles. The molecule has 1 saturated heterocycles. The molecular formula is C16H32N2O. The molecule has 2 aliphatic rings. The van der Waals surface area contributed by atoms with Crippen LogP contribution in [0.5, 0.6) is 0 Å². The van der Waals surface area contributed by atoms with Crippen LogP contribution in [-0.4, -0.2) is 49.3 Å². The number of hydrogen-bond acceptors (Lipinski definition) is 3. The molecule has 1 saturated carbocycles. The van der Waals surface area contributed by atoms with Crippen molar-refractivity contribution >= 4 is 0 Å². The van der Waals surface area contributed by atoms with Crippen molar-refractivity contribution in [2.45, 2.75) is 70.6 Å². The van der Waals surface area contributed by atoms with Crippen molar-refractivity contribution in [3.63, 3.8) is 0 Å². The zero-order chi connectivity index (χ0) is 13.9. The second-order valence-electron chi connectivity index (χ2n) is 7.01. The molecule has 3 heteroatoms. The number of likely N-dealkylation sites (N-methyl/N-ethyl adjacent to an activating group) is 1. The molecule has 1 N–H and O–H groups in total. The van der Waals surface area contributed by atoms with Crippen LogP contribution in [0.2, 0.25) is 0 Å². The van der Waals surface area contributed by atoms with Gasteiger partial charge in [0, 0.05) is 25.2 Å². The second kappa shape index (κ2) is 6.55. The molecule has 0 bridgehead atoms. The summed E-state index contributed by atoms with van der Waals surface area (Å²) in [5.41, 5.74) is 0.0221. The van der Waals surface area contributed by atoms with Crippen molar-refractivity contribution in [2.75, 3.05) is 26.7 Å². The minimum atomic E-state index is 0.0221. The summed E-state index contributed by atoms with van der Waals surface area (Å²) in [6, 6.07) is 1.38. The monoisotopic (exact) mass is 268 g/mol. The van der Waals surface area contributed by atoms with Gasteiger partial charge in [-0.2, -0.15) is 0 Å². The number of ether oxygens (including phenoxy) is 1. The second-order valence-corrected chi connectivity index (χ2v) is 7.01. The summed E-state index contributed by atoms with van der Waals surface area (Å²) >= 11 is 0. The van der Waals surface area contributed by atoms with E-state index < -0.39 is 0 Å².